The lowest BCUT2D eigenvalue weighted by Crippen LogP contribution is -2.49. The molecule has 1 aliphatic heterocycles. The molecule has 0 fully saturated rings. The molecule has 0 spiro atoms. The first-order chi connectivity index (χ1) is 9.45. The van der Waals surface area contributed by atoms with Gasteiger partial charge >= 0.3 is 11.7 Å². The summed E-state index contributed by atoms with van der Waals surface area (Å²) in [4.78, 5) is 42.8. The lowest BCUT2D eigenvalue weighted by molar-refractivity contribution is -0.137. The van der Waals surface area contributed by atoms with Crippen molar-refractivity contribution in [3.05, 3.63) is 20.8 Å². The van der Waals surface area contributed by atoms with Gasteiger partial charge in [0.1, 0.15) is 14.3 Å². The fraction of sp³-hybridized carbons (Fsp3) is 0.455. The Balaban J connectivity index is 2.40. The maximum atomic E-state index is 12.3. The number of aromatic amines is 1. The zero-order chi connectivity index (χ0) is 14.6. The Morgan fingerprint density at radius 2 is 2.20 bits per heavy atom. The third-order valence-electron chi connectivity index (χ3n) is 3.91. The monoisotopic (exact) mass is 294 g/mol. The van der Waals surface area contributed by atoms with Crippen LogP contribution in [0.25, 0.3) is 11.2 Å². The van der Waals surface area contributed by atoms with Gasteiger partial charge in [-0.3, -0.25) is 18.7 Å². The van der Waals surface area contributed by atoms with Gasteiger partial charge in [-0.1, -0.05) is 13.0 Å². The van der Waals surface area contributed by atoms with Gasteiger partial charge < -0.3 is 10.1 Å². The second-order valence-corrected chi connectivity index (χ2v) is 8.36. The number of carbonyl (C=O) groups is 1. The number of hydrogen-bond donors (Lipinski definition) is 2. The van der Waals surface area contributed by atoms with Crippen molar-refractivity contribution in [3.63, 3.8) is 0 Å². The quantitative estimate of drug-likeness (QED) is 0.666. The first kappa shape index (κ1) is 12.8. The van der Waals surface area contributed by atoms with Crippen LogP contribution in [0.2, 0.25) is 6.04 Å². The molecule has 2 atom stereocenters. The van der Waals surface area contributed by atoms with Gasteiger partial charge in [0.05, 0.1) is 11.9 Å². The van der Waals surface area contributed by atoms with Crippen LogP contribution in [0, 0.1) is 0 Å². The number of nitrogens with zero attached hydrogens (tertiary/aromatic N) is 3. The molecule has 0 radical (unpaired) electrons. The van der Waals surface area contributed by atoms with E-state index in [2.05, 4.69) is 9.97 Å². The molecular weight excluding hydrogens is 280 g/mol. The average Bonchev–Trinajstić information content (AvgIpc) is 2.77. The summed E-state index contributed by atoms with van der Waals surface area (Å²) < 4.78 is 2.40. The van der Waals surface area contributed by atoms with E-state index in [-0.39, 0.29) is 17.7 Å². The van der Waals surface area contributed by atoms with Crippen molar-refractivity contribution >= 4 is 31.4 Å². The van der Waals surface area contributed by atoms with Crippen LogP contribution in [0.15, 0.2) is 9.59 Å². The Bertz CT molecular complexity index is 833. The van der Waals surface area contributed by atoms with Gasteiger partial charge in [0.25, 0.3) is 5.56 Å². The third kappa shape index (κ3) is 1.52. The van der Waals surface area contributed by atoms with E-state index in [1.807, 2.05) is 6.92 Å². The highest BCUT2D eigenvalue weighted by atomic mass is 28.3. The van der Waals surface area contributed by atoms with Crippen molar-refractivity contribution in [2.24, 2.45) is 7.05 Å². The molecule has 2 N–H and O–H groups in total. The van der Waals surface area contributed by atoms with Gasteiger partial charge in [-0.2, -0.15) is 0 Å². The van der Waals surface area contributed by atoms with Gasteiger partial charge in [-0.05, 0) is 0 Å². The Kier molecular flexibility index (Phi) is 2.68. The van der Waals surface area contributed by atoms with E-state index in [1.54, 1.807) is 0 Å². The van der Waals surface area contributed by atoms with E-state index < -0.39 is 26.0 Å². The zero-order valence-electron chi connectivity index (χ0n) is 11.1. The number of carboxylic acid groups (broad SMARTS) is 1. The van der Waals surface area contributed by atoms with Crippen molar-refractivity contribution in [1.82, 2.24) is 19.1 Å². The fourth-order valence-electron chi connectivity index (χ4n) is 2.93. The predicted molar refractivity (Wildman–Crippen MR) is 74.1 cm³/mol. The summed E-state index contributed by atoms with van der Waals surface area (Å²) in [6.45, 7) is 1.96. The molecule has 2 unspecified atom stereocenters. The van der Waals surface area contributed by atoms with Crippen molar-refractivity contribution in [2.45, 2.75) is 25.1 Å². The minimum Gasteiger partial charge on any atom is -0.481 e. The molecule has 2 aromatic rings. The highest BCUT2D eigenvalue weighted by Gasteiger charge is 2.37. The highest BCUT2D eigenvalue weighted by molar-refractivity contribution is 6.73. The lowest BCUT2D eigenvalue weighted by atomic mass is 10.4. The molecule has 2 bridgehead atoms. The topological polar surface area (TPSA) is 110 Å². The van der Waals surface area contributed by atoms with Crippen LogP contribution in [0.5, 0.6) is 0 Å². The first-order valence-electron chi connectivity index (χ1n) is 6.38. The highest BCUT2D eigenvalue weighted by Crippen LogP contribution is 2.23. The molecule has 3 heterocycles. The number of aliphatic carboxylic acids is 1. The molecule has 2 aromatic heterocycles. The lowest BCUT2D eigenvalue weighted by Gasteiger charge is -2.26. The van der Waals surface area contributed by atoms with Crippen LogP contribution in [0.1, 0.15) is 19.0 Å². The molecule has 0 amide bonds. The Morgan fingerprint density at radius 3 is 2.80 bits per heavy atom. The Hall–Kier alpha value is -2.16. The minimum atomic E-state index is -1.77. The number of aromatic nitrogens is 4. The summed E-state index contributed by atoms with van der Waals surface area (Å²) in [6, 6.07) is 0.770. The molecule has 0 aromatic carbocycles. The van der Waals surface area contributed by atoms with Crippen molar-refractivity contribution < 1.29 is 9.90 Å². The zero-order valence-corrected chi connectivity index (χ0v) is 12.2. The largest absolute Gasteiger partial charge is 0.481 e. The van der Waals surface area contributed by atoms with E-state index in [0.717, 1.165) is 16.1 Å². The molecule has 0 aliphatic carbocycles. The van der Waals surface area contributed by atoms with Crippen molar-refractivity contribution in [3.8, 4) is 0 Å². The maximum absolute atomic E-state index is 12.3. The number of fused-ring (bicyclic) bond motifs is 1. The molecule has 9 heteroatoms. The maximum Gasteiger partial charge on any atom is 0.332 e. The normalized spacial score (nSPS) is 20.7. The predicted octanol–water partition coefficient (Wildman–Crippen LogP) is -1.55. The molecule has 20 heavy (non-hydrogen) atoms. The number of rotatable bonds is 3. The fourth-order valence-corrected chi connectivity index (χ4v) is 5.95. The van der Waals surface area contributed by atoms with Crippen molar-refractivity contribution in [1.29, 1.82) is 0 Å². The SMILES string of the molecule is CC[SiH]1c2nc3c([nH]2)c(=O)n(C)c(=O)n3C1CC(=O)O. The smallest absolute Gasteiger partial charge is 0.332 e. The van der Waals surface area contributed by atoms with E-state index >= 15 is 0 Å². The molecule has 0 saturated carbocycles. The molecular formula is C11H14N4O4Si. The number of nitrogens with one attached hydrogen (secondary N) is 1. The summed E-state index contributed by atoms with van der Waals surface area (Å²) in [5.74, 6) is -0.947. The molecule has 106 valence electrons. The summed E-state index contributed by atoms with van der Waals surface area (Å²) in [5.41, 5.74) is 0.0132. The van der Waals surface area contributed by atoms with Crippen molar-refractivity contribution in [2.75, 3.05) is 0 Å². The summed E-state index contributed by atoms with van der Waals surface area (Å²) in [6.07, 6.45) is -0.115. The second kappa shape index (κ2) is 4.17. The first-order valence-corrected chi connectivity index (χ1v) is 8.44. The van der Waals surface area contributed by atoms with Gasteiger partial charge in [-0.25, -0.2) is 9.78 Å². The van der Waals surface area contributed by atoms with Gasteiger partial charge in [-0.15, -0.1) is 0 Å². The Labute approximate surface area is 114 Å². The van der Waals surface area contributed by atoms with Crippen LogP contribution >= 0.6 is 0 Å². The van der Waals surface area contributed by atoms with E-state index in [9.17, 15) is 14.4 Å². The third-order valence-corrected chi connectivity index (χ3v) is 7.23. The van der Waals surface area contributed by atoms with Gasteiger partial charge in [0.15, 0.2) is 5.65 Å². The van der Waals surface area contributed by atoms with E-state index in [0.29, 0.717) is 5.52 Å². The molecule has 8 nitrogen and oxygen atoms in total. The average molecular weight is 294 g/mol. The van der Waals surface area contributed by atoms with Gasteiger partial charge in [0, 0.05) is 12.7 Å². The van der Waals surface area contributed by atoms with E-state index in [1.165, 1.54) is 11.6 Å². The van der Waals surface area contributed by atoms with Crippen LogP contribution in [-0.2, 0) is 11.8 Å². The van der Waals surface area contributed by atoms with Crippen LogP contribution in [0.4, 0.5) is 0 Å². The summed E-state index contributed by atoms with van der Waals surface area (Å²) in [5, 5.41) is 9.10. The molecule has 1 aliphatic rings. The molecule has 3 rings (SSSR count). The summed E-state index contributed by atoms with van der Waals surface area (Å²) in [7, 11) is -0.379. The molecule has 0 saturated heterocycles. The number of carboxylic acids is 1. The van der Waals surface area contributed by atoms with Crippen LogP contribution in [-0.4, -0.2) is 39.0 Å². The Morgan fingerprint density at radius 1 is 1.50 bits per heavy atom. The van der Waals surface area contributed by atoms with E-state index in [4.69, 9.17) is 5.11 Å². The number of H-pyrrole nitrogens is 1. The van der Waals surface area contributed by atoms with Gasteiger partial charge in [0.2, 0.25) is 0 Å². The van der Waals surface area contributed by atoms with Crippen LogP contribution in [0.3, 0.4) is 0 Å². The number of hydrogen-bond acceptors (Lipinski definition) is 4. The summed E-state index contributed by atoms with van der Waals surface area (Å²) >= 11 is 0. The minimum absolute atomic E-state index is 0.115. The standard InChI is InChI=1S/C11H14N4O4Si/c1-3-20-5(4-6(16)17)15-8-7(12-10(20)13-8)9(18)14(2)11(15)19/h5,20H,3-4H2,1-2H3,(H,12,13)(H,16,17). The van der Waals surface area contributed by atoms with Crippen LogP contribution < -0.4 is 16.7 Å². The number of imidazole rings is 1. The second-order valence-electron chi connectivity index (χ2n) is 5.02.